The number of hydrogen-bond donors (Lipinski definition) is 2. The standard InChI is InChI=1S/C8H4ClN3O3/c9-8-11-2-4-5(12-8)6(13)3(1-10-4)7(14)15/h1-2H,(H,10,13)(H,14,15). The van der Waals surface area contributed by atoms with Crippen molar-refractivity contribution in [2.45, 2.75) is 0 Å². The van der Waals surface area contributed by atoms with Crippen molar-refractivity contribution in [3.05, 3.63) is 33.5 Å². The number of fused-ring (bicyclic) bond motifs is 1. The van der Waals surface area contributed by atoms with Crippen LogP contribution in [0.4, 0.5) is 0 Å². The van der Waals surface area contributed by atoms with E-state index < -0.39 is 11.4 Å². The molecule has 2 heterocycles. The van der Waals surface area contributed by atoms with Crippen LogP contribution < -0.4 is 5.43 Å². The highest BCUT2D eigenvalue weighted by molar-refractivity contribution is 6.28. The number of hydrogen-bond acceptors (Lipinski definition) is 4. The minimum absolute atomic E-state index is 0.0325. The summed E-state index contributed by atoms with van der Waals surface area (Å²) >= 11 is 5.50. The maximum Gasteiger partial charge on any atom is 0.341 e. The molecule has 0 aliphatic carbocycles. The van der Waals surface area contributed by atoms with Gasteiger partial charge in [-0.2, -0.15) is 0 Å². The highest BCUT2D eigenvalue weighted by Gasteiger charge is 2.12. The van der Waals surface area contributed by atoms with Gasteiger partial charge in [-0.05, 0) is 11.6 Å². The van der Waals surface area contributed by atoms with E-state index in [2.05, 4.69) is 15.0 Å². The molecule has 0 aliphatic rings. The van der Waals surface area contributed by atoms with E-state index in [1.54, 1.807) is 0 Å². The Hall–Kier alpha value is -1.95. The Morgan fingerprint density at radius 1 is 1.53 bits per heavy atom. The summed E-state index contributed by atoms with van der Waals surface area (Å²) in [5, 5.41) is 8.60. The number of nitrogens with one attached hydrogen (secondary N) is 1. The van der Waals surface area contributed by atoms with Crippen LogP contribution in [0.1, 0.15) is 10.4 Å². The van der Waals surface area contributed by atoms with Gasteiger partial charge in [0.2, 0.25) is 10.7 Å². The van der Waals surface area contributed by atoms with Crippen LogP contribution in [-0.2, 0) is 0 Å². The number of nitrogens with zero attached hydrogens (tertiary/aromatic N) is 2. The van der Waals surface area contributed by atoms with E-state index in [4.69, 9.17) is 16.7 Å². The molecule has 0 fully saturated rings. The summed E-state index contributed by atoms with van der Waals surface area (Å²) in [6, 6.07) is 0. The van der Waals surface area contributed by atoms with Gasteiger partial charge in [0.05, 0.1) is 11.7 Å². The van der Waals surface area contributed by atoms with Crippen LogP contribution in [0.2, 0.25) is 5.28 Å². The first-order valence-electron chi connectivity index (χ1n) is 3.87. The number of carboxylic acids is 1. The third kappa shape index (κ3) is 1.55. The fraction of sp³-hybridized carbons (Fsp3) is 0. The van der Waals surface area contributed by atoms with Crippen molar-refractivity contribution in [2.75, 3.05) is 0 Å². The first kappa shape index (κ1) is 9.60. The predicted octanol–water partition coefficient (Wildman–Crippen LogP) is 0.670. The Kier molecular flexibility index (Phi) is 2.12. The van der Waals surface area contributed by atoms with Crippen LogP contribution in [0.3, 0.4) is 0 Å². The topological polar surface area (TPSA) is 95.9 Å². The molecule has 0 atom stereocenters. The van der Waals surface area contributed by atoms with Gasteiger partial charge in [-0.3, -0.25) is 4.79 Å². The number of pyridine rings is 1. The fourth-order valence-electron chi connectivity index (χ4n) is 1.14. The lowest BCUT2D eigenvalue weighted by Crippen LogP contribution is -2.16. The molecular formula is C8H4ClN3O3. The summed E-state index contributed by atoms with van der Waals surface area (Å²) < 4.78 is 0. The van der Waals surface area contributed by atoms with E-state index >= 15 is 0 Å². The number of halogens is 1. The number of aromatic carboxylic acids is 1. The molecule has 76 valence electrons. The zero-order chi connectivity index (χ0) is 11.0. The fourth-order valence-corrected chi connectivity index (χ4v) is 1.27. The maximum absolute atomic E-state index is 11.6. The number of H-pyrrole nitrogens is 1. The normalized spacial score (nSPS) is 10.5. The molecule has 2 N–H and O–H groups in total. The lowest BCUT2D eigenvalue weighted by molar-refractivity contribution is 0.0695. The Morgan fingerprint density at radius 3 is 2.93 bits per heavy atom. The average molecular weight is 226 g/mol. The second kappa shape index (κ2) is 3.32. The average Bonchev–Trinajstić information content (AvgIpc) is 2.19. The molecule has 0 spiro atoms. The molecule has 0 aromatic carbocycles. The van der Waals surface area contributed by atoms with Crippen molar-refractivity contribution in [1.29, 1.82) is 0 Å². The van der Waals surface area contributed by atoms with Gasteiger partial charge in [-0.1, -0.05) is 0 Å². The zero-order valence-electron chi connectivity index (χ0n) is 7.19. The Balaban J connectivity index is 2.89. The van der Waals surface area contributed by atoms with Gasteiger partial charge in [0, 0.05) is 6.20 Å². The SMILES string of the molecule is O=C(O)c1c[nH]c2cnc(Cl)nc2c1=O. The number of aromatic amines is 1. The van der Waals surface area contributed by atoms with Crippen molar-refractivity contribution in [3.8, 4) is 0 Å². The van der Waals surface area contributed by atoms with Crippen LogP contribution in [0.5, 0.6) is 0 Å². The minimum atomic E-state index is -1.31. The first-order valence-corrected chi connectivity index (χ1v) is 4.24. The zero-order valence-corrected chi connectivity index (χ0v) is 7.95. The summed E-state index contributed by atoms with van der Waals surface area (Å²) in [4.78, 5) is 32.2. The second-order valence-electron chi connectivity index (χ2n) is 2.74. The van der Waals surface area contributed by atoms with Crippen molar-refractivity contribution in [1.82, 2.24) is 15.0 Å². The molecule has 2 aromatic rings. The van der Waals surface area contributed by atoms with Crippen molar-refractivity contribution in [2.24, 2.45) is 0 Å². The number of carbonyl (C=O) groups is 1. The van der Waals surface area contributed by atoms with Gasteiger partial charge in [0.1, 0.15) is 11.1 Å². The molecule has 7 heteroatoms. The first-order chi connectivity index (χ1) is 7.09. The summed E-state index contributed by atoms with van der Waals surface area (Å²) in [5.41, 5.74) is -0.748. The molecule has 6 nitrogen and oxygen atoms in total. The van der Waals surface area contributed by atoms with Crippen molar-refractivity contribution >= 4 is 28.6 Å². The molecule has 0 bridgehead atoms. The molecule has 0 amide bonds. The van der Waals surface area contributed by atoms with Crippen LogP contribution >= 0.6 is 11.6 Å². The third-order valence-electron chi connectivity index (χ3n) is 1.82. The van der Waals surface area contributed by atoms with Gasteiger partial charge < -0.3 is 10.1 Å². The van der Waals surface area contributed by atoms with Crippen LogP contribution in [-0.4, -0.2) is 26.0 Å². The lowest BCUT2D eigenvalue weighted by Gasteiger charge is -1.98. The lowest BCUT2D eigenvalue weighted by atomic mass is 10.2. The third-order valence-corrected chi connectivity index (χ3v) is 2.00. The Morgan fingerprint density at radius 2 is 2.27 bits per heavy atom. The van der Waals surface area contributed by atoms with E-state index in [1.165, 1.54) is 6.20 Å². The van der Waals surface area contributed by atoms with Crippen molar-refractivity contribution < 1.29 is 9.90 Å². The number of aromatic nitrogens is 3. The quantitative estimate of drug-likeness (QED) is 0.696. The predicted molar refractivity (Wildman–Crippen MR) is 52.1 cm³/mol. The molecule has 0 aliphatic heterocycles. The van der Waals surface area contributed by atoms with Gasteiger partial charge in [0.25, 0.3) is 0 Å². The van der Waals surface area contributed by atoms with Crippen LogP contribution in [0.25, 0.3) is 11.0 Å². The summed E-state index contributed by atoms with van der Waals surface area (Å²) in [7, 11) is 0. The van der Waals surface area contributed by atoms with E-state index in [9.17, 15) is 9.59 Å². The molecule has 15 heavy (non-hydrogen) atoms. The van der Waals surface area contributed by atoms with Gasteiger partial charge >= 0.3 is 5.97 Å². The molecule has 0 unspecified atom stereocenters. The van der Waals surface area contributed by atoms with Gasteiger partial charge in [-0.25, -0.2) is 14.8 Å². The Bertz CT molecular complexity index is 608. The molecule has 0 saturated carbocycles. The van der Waals surface area contributed by atoms with Crippen LogP contribution in [0, 0.1) is 0 Å². The summed E-state index contributed by atoms with van der Waals surface area (Å²) in [6.07, 6.45) is 2.42. The van der Waals surface area contributed by atoms with E-state index in [-0.39, 0.29) is 16.4 Å². The summed E-state index contributed by atoms with van der Waals surface area (Å²) in [6.45, 7) is 0. The Labute approximate surface area is 87.6 Å². The largest absolute Gasteiger partial charge is 0.477 e. The molecular weight excluding hydrogens is 222 g/mol. The second-order valence-corrected chi connectivity index (χ2v) is 3.08. The smallest absolute Gasteiger partial charge is 0.341 e. The molecule has 2 aromatic heterocycles. The van der Waals surface area contributed by atoms with Gasteiger partial charge in [0.15, 0.2) is 0 Å². The highest BCUT2D eigenvalue weighted by Crippen LogP contribution is 2.07. The monoisotopic (exact) mass is 225 g/mol. The summed E-state index contributed by atoms with van der Waals surface area (Å²) in [5.74, 6) is -1.31. The molecule has 2 rings (SSSR count). The van der Waals surface area contributed by atoms with E-state index in [0.29, 0.717) is 5.52 Å². The van der Waals surface area contributed by atoms with E-state index in [1.807, 2.05) is 0 Å². The molecule has 0 saturated heterocycles. The van der Waals surface area contributed by atoms with Crippen molar-refractivity contribution in [3.63, 3.8) is 0 Å². The van der Waals surface area contributed by atoms with E-state index in [0.717, 1.165) is 6.20 Å². The highest BCUT2D eigenvalue weighted by atomic mass is 35.5. The number of rotatable bonds is 1. The minimum Gasteiger partial charge on any atom is -0.477 e. The maximum atomic E-state index is 11.6. The van der Waals surface area contributed by atoms with Crippen LogP contribution in [0.15, 0.2) is 17.2 Å². The number of carboxylic acid groups (broad SMARTS) is 1. The molecule has 0 radical (unpaired) electrons. The van der Waals surface area contributed by atoms with Gasteiger partial charge in [-0.15, -0.1) is 0 Å².